The van der Waals surface area contributed by atoms with Gasteiger partial charge in [-0.15, -0.1) is 11.3 Å². The molecule has 3 aromatic heterocycles. The molecule has 0 fully saturated rings. The number of hydrogen-bond acceptors (Lipinski definition) is 6. The van der Waals surface area contributed by atoms with E-state index < -0.39 is 0 Å². The van der Waals surface area contributed by atoms with Crippen molar-refractivity contribution in [2.24, 2.45) is 0 Å². The third-order valence-corrected chi connectivity index (χ3v) is 10.2. The van der Waals surface area contributed by atoms with Crippen molar-refractivity contribution in [3.05, 3.63) is 158 Å². The molecule has 0 spiro atoms. The van der Waals surface area contributed by atoms with Crippen LogP contribution in [0.15, 0.2) is 162 Å². The minimum atomic E-state index is 0.592. The van der Waals surface area contributed by atoms with E-state index in [1.807, 2.05) is 66.7 Å². The average molecular weight is 659 g/mol. The van der Waals surface area contributed by atoms with Gasteiger partial charge in [0.1, 0.15) is 16.2 Å². The predicted octanol–water partition coefficient (Wildman–Crippen LogP) is 11.9. The summed E-state index contributed by atoms with van der Waals surface area (Å²) >= 11 is 1.68. The van der Waals surface area contributed by atoms with E-state index in [2.05, 4.69) is 91.0 Å². The number of rotatable bonds is 5. The second-order valence-electron chi connectivity index (χ2n) is 12.3. The minimum Gasteiger partial charge on any atom is -0.456 e. The van der Waals surface area contributed by atoms with Crippen molar-refractivity contribution in [3.8, 4) is 55.9 Å². The van der Waals surface area contributed by atoms with E-state index in [1.165, 1.54) is 16.3 Å². The van der Waals surface area contributed by atoms with E-state index in [4.69, 9.17) is 24.4 Å². The highest BCUT2D eigenvalue weighted by Crippen LogP contribution is 2.40. The van der Waals surface area contributed by atoms with Crippen molar-refractivity contribution in [2.45, 2.75) is 0 Å². The van der Waals surface area contributed by atoms with E-state index in [9.17, 15) is 0 Å². The summed E-state index contributed by atoms with van der Waals surface area (Å²) in [6.07, 6.45) is 0. The van der Waals surface area contributed by atoms with Crippen molar-refractivity contribution < 1.29 is 4.42 Å². The molecule has 0 saturated carbocycles. The van der Waals surface area contributed by atoms with Gasteiger partial charge in [0.2, 0.25) is 0 Å². The molecule has 6 heteroatoms. The zero-order chi connectivity index (χ0) is 33.0. The molecule has 0 N–H and O–H groups in total. The first kappa shape index (κ1) is 28.5. The summed E-state index contributed by atoms with van der Waals surface area (Å²) in [5.41, 5.74) is 8.65. The molecule has 3 heterocycles. The van der Waals surface area contributed by atoms with Crippen molar-refractivity contribution in [1.29, 1.82) is 0 Å². The summed E-state index contributed by atoms with van der Waals surface area (Å²) in [5, 5.41) is 5.41. The Morgan fingerprint density at radius 3 is 1.84 bits per heavy atom. The van der Waals surface area contributed by atoms with Gasteiger partial charge in [-0.25, -0.2) is 19.9 Å². The average Bonchev–Trinajstić information content (AvgIpc) is 3.78. The second kappa shape index (κ2) is 11.6. The first-order chi connectivity index (χ1) is 24.7. The summed E-state index contributed by atoms with van der Waals surface area (Å²) in [4.78, 5) is 20.1. The van der Waals surface area contributed by atoms with Crippen LogP contribution in [0.5, 0.6) is 0 Å². The van der Waals surface area contributed by atoms with Crippen LogP contribution in [0.1, 0.15) is 0 Å². The molecule has 7 aromatic carbocycles. The Hall–Kier alpha value is -6.50. The molecule has 0 bridgehead atoms. The lowest BCUT2D eigenvalue weighted by molar-refractivity contribution is 0.669. The van der Waals surface area contributed by atoms with Crippen LogP contribution in [0, 0.1) is 0 Å². The molecule has 0 atom stereocenters. The molecule has 5 nitrogen and oxygen atoms in total. The first-order valence-corrected chi connectivity index (χ1v) is 17.3. The number of aromatic nitrogens is 4. The molecule has 50 heavy (non-hydrogen) atoms. The smallest absolute Gasteiger partial charge is 0.164 e. The number of benzene rings is 7. The fourth-order valence-corrected chi connectivity index (χ4v) is 7.75. The highest BCUT2D eigenvalue weighted by Gasteiger charge is 2.19. The molecule has 234 valence electrons. The summed E-state index contributed by atoms with van der Waals surface area (Å²) < 4.78 is 7.55. The highest BCUT2D eigenvalue weighted by atomic mass is 32.1. The number of fused-ring (bicyclic) bond motifs is 5. The van der Waals surface area contributed by atoms with E-state index in [1.54, 1.807) is 11.3 Å². The molecule has 0 aliphatic heterocycles. The van der Waals surface area contributed by atoms with Crippen LogP contribution >= 0.6 is 11.3 Å². The molecule has 10 rings (SSSR count). The minimum absolute atomic E-state index is 0.592. The standard InChI is InChI=1S/C44H26N4OS/c1-3-12-29(13-4-1)41-46-42(30-23-21-28(22-24-30)33-18-9-16-27-11-7-8-17-32(27)33)48-43(47-41)34-19-10-20-37-40(34)35-25-39-36(26-38(35)49-37)45-44(50-39)31-14-5-2-6-15-31/h1-26H. The Labute approximate surface area is 291 Å². The van der Waals surface area contributed by atoms with Gasteiger partial charge in [0.15, 0.2) is 17.5 Å². The molecule has 0 radical (unpaired) electrons. The van der Waals surface area contributed by atoms with E-state index in [0.717, 1.165) is 65.0 Å². The lowest BCUT2D eigenvalue weighted by atomic mass is 9.97. The molecule has 0 amide bonds. The zero-order valence-corrected chi connectivity index (χ0v) is 27.4. The van der Waals surface area contributed by atoms with Crippen LogP contribution in [0.25, 0.3) is 98.8 Å². The molecule has 0 saturated heterocycles. The molecule has 0 aliphatic rings. The van der Waals surface area contributed by atoms with E-state index in [-0.39, 0.29) is 0 Å². The van der Waals surface area contributed by atoms with Gasteiger partial charge < -0.3 is 4.42 Å². The summed E-state index contributed by atoms with van der Waals surface area (Å²) in [5.74, 6) is 1.82. The maximum Gasteiger partial charge on any atom is 0.164 e. The van der Waals surface area contributed by atoms with Crippen LogP contribution < -0.4 is 0 Å². The first-order valence-electron chi connectivity index (χ1n) is 16.5. The molecule has 0 unspecified atom stereocenters. The van der Waals surface area contributed by atoms with Gasteiger partial charge in [-0.3, -0.25) is 0 Å². The summed E-state index contributed by atoms with van der Waals surface area (Å²) in [7, 11) is 0. The second-order valence-corrected chi connectivity index (χ2v) is 13.3. The zero-order valence-electron chi connectivity index (χ0n) is 26.6. The van der Waals surface area contributed by atoms with Gasteiger partial charge in [-0.2, -0.15) is 0 Å². The molecule has 10 aromatic rings. The molecular formula is C44H26N4OS. The summed E-state index contributed by atoms with van der Waals surface area (Å²) in [6.45, 7) is 0. The van der Waals surface area contributed by atoms with Gasteiger partial charge in [-0.1, -0.05) is 140 Å². The normalized spacial score (nSPS) is 11.6. The summed E-state index contributed by atoms with van der Waals surface area (Å²) in [6, 6.07) is 54.1. The number of furan rings is 1. The van der Waals surface area contributed by atoms with Gasteiger partial charge in [0.25, 0.3) is 0 Å². The maximum absolute atomic E-state index is 6.45. The fourth-order valence-electron chi connectivity index (χ4n) is 6.76. The Morgan fingerprint density at radius 1 is 0.420 bits per heavy atom. The Balaban J connectivity index is 1.13. The van der Waals surface area contributed by atoms with E-state index in [0.29, 0.717) is 17.5 Å². The van der Waals surface area contributed by atoms with Crippen molar-refractivity contribution >= 4 is 54.3 Å². The van der Waals surface area contributed by atoms with Crippen molar-refractivity contribution in [2.75, 3.05) is 0 Å². The van der Waals surface area contributed by atoms with Gasteiger partial charge in [0.05, 0.1) is 10.2 Å². The SMILES string of the molecule is c1ccc(-c2nc(-c3ccc(-c4cccc5ccccc45)cc3)nc(-c3cccc4oc5cc6nc(-c7ccccc7)sc6cc5c34)n2)cc1. The van der Waals surface area contributed by atoms with Gasteiger partial charge >= 0.3 is 0 Å². The Kier molecular flexibility index (Phi) is 6.60. The van der Waals surface area contributed by atoms with Crippen molar-refractivity contribution in [1.82, 2.24) is 19.9 Å². The van der Waals surface area contributed by atoms with Crippen LogP contribution in [-0.2, 0) is 0 Å². The number of nitrogens with zero attached hydrogens (tertiary/aromatic N) is 4. The quantitative estimate of drug-likeness (QED) is 0.184. The van der Waals surface area contributed by atoms with Crippen LogP contribution in [-0.4, -0.2) is 19.9 Å². The maximum atomic E-state index is 6.45. The van der Waals surface area contributed by atoms with Gasteiger partial charge in [0, 0.05) is 39.1 Å². The highest BCUT2D eigenvalue weighted by molar-refractivity contribution is 7.21. The molecule has 0 aliphatic carbocycles. The topological polar surface area (TPSA) is 64.7 Å². The fraction of sp³-hybridized carbons (Fsp3) is 0. The third kappa shape index (κ3) is 4.85. The Morgan fingerprint density at radius 2 is 1.04 bits per heavy atom. The number of thiazole rings is 1. The van der Waals surface area contributed by atoms with Crippen LogP contribution in [0.4, 0.5) is 0 Å². The third-order valence-electron chi connectivity index (χ3n) is 9.18. The van der Waals surface area contributed by atoms with E-state index >= 15 is 0 Å². The number of hydrogen-bond donors (Lipinski definition) is 0. The monoisotopic (exact) mass is 658 g/mol. The van der Waals surface area contributed by atoms with Gasteiger partial charge in [-0.05, 0) is 34.0 Å². The Bertz CT molecular complexity index is 2860. The molecular weight excluding hydrogens is 633 g/mol. The lowest BCUT2D eigenvalue weighted by Gasteiger charge is -2.10. The predicted molar refractivity (Wildman–Crippen MR) is 205 cm³/mol. The van der Waals surface area contributed by atoms with Crippen LogP contribution in [0.2, 0.25) is 0 Å². The largest absolute Gasteiger partial charge is 0.456 e. The van der Waals surface area contributed by atoms with Crippen LogP contribution in [0.3, 0.4) is 0 Å². The lowest BCUT2D eigenvalue weighted by Crippen LogP contribution is -2.00. The van der Waals surface area contributed by atoms with Crippen molar-refractivity contribution in [3.63, 3.8) is 0 Å².